The van der Waals surface area contributed by atoms with Crippen molar-refractivity contribution in [3.63, 3.8) is 0 Å². The molecule has 0 spiro atoms. The monoisotopic (exact) mass is 239 g/mol. The molecule has 1 heterocycles. The van der Waals surface area contributed by atoms with Crippen LogP contribution in [-0.4, -0.2) is 27.2 Å². The Bertz CT molecular complexity index is 414. The number of nitrogens with zero attached hydrogens (tertiary/aromatic N) is 1. The average molecular weight is 239 g/mol. The highest BCUT2D eigenvalue weighted by Crippen LogP contribution is 2.13. The Morgan fingerprint density at radius 2 is 2.06 bits per heavy atom. The van der Waals surface area contributed by atoms with Crippen LogP contribution < -0.4 is 0 Å². The van der Waals surface area contributed by atoms with E-state index in [0.717, 1.165) is 0 Å². The summed E-state index contributed by atoms with van der Waals surface area (Å²) in [5.74, 6) is -1.33. The zero-order valence-electron chi connectivity index (χ0n) is 10.3. The number of carboxylic acid groups (broad SMARTS) is 1. The van der Waals surface area contributed by atoms with Crippen LogP contribution in [-0.2, 0) is 16.1 Å². The molecule has 0 aliphatic carbocycles. The number of aromatic nitrogens is 1. The van der Waals surface area contributed by atoms with Crippen LogP contribution in [0, 0.1) is 0 Å². The van der Waals surface area contributed by atoms with Gasteiger partial charge in [0.15, 0.2) is 0 Å². The average Bonchev–Trinajstić information content (AvgIpc) is 2.59. The van der Waals surface area contributed by atoms with E-state index in [1.165, 1.54) is 0 Å². The number of carbonyl (C=O) groups excluding carboxylic acids is 1. The van der Waals surface area contributed by atoms with Crippen LogP contribution in [0.15, 0.2) is 18.3 Å². The molecule has 0 atom stereocenters. The molecule has 0 aromatic carbocycles. The van der Waals surface area contributed by atoms with Crippen LogP contribution in [0.5, 0.6) is 0 Å². The number of rotatable bonds is 4. The SMILES string of the molecule is CC(C)(C)OC(=O)c1cccn1CCC(=O)O. The molecule has 0 fully saturated rings. The lowest BCUT2D eigenvalue weighted by molar-refractivity contribution is -0.137. The molecule has 5 nitrogen and oxygen atoms in total. The van der Waals surface area contributed by atoms with Crippen LogP contribution in [0.4, 0.5) is 0 Å². The van der Waals surface area contributed by atoms with E-state index in [1.807, 2.05) is 0 Å². The fraction of sp³-hybridized carbons (Fsp3) is 0.500. The number of carboxylic acids is 1. The summed E-state index contributed by atoms with van der Waals surface area (Å²) in [6.45, 7) is 5.62. The predicted molar refractivity (Wildman–Crippen MR) is 61.9 cm³/mol. The summed E-state index contributed by atoms with van der Waals surface area (Å²) in [6, 6.07) is 3.32. The van der Waals surface area contributed by atoms with Crippen LogP contribution in [0.1, 0.15) is 37.7 Å². The first-order valence-corrected chi connectivity index (χ1v) is 5.40. The van der Waals surface area contributed by atoms with Crippen LogP contribution >= 0.6 is 0 Å². The Morgan fingerprint density at radius 1 is 1.41 bits per heavy atom. The minimum Gasteiger partial charge on any atom is -0.481 e. The van der Waals surface area contributed by atoms with Crippen molar-refractivity contribution >= 4 is 11.9 Å². The molecule has 1 aromatic rings. The van der Waals surface area contributed by atoms with Gasteiger partial charge in [-0.05, 0) is 32.9 Å². The van der Waals surface area contributed by atoms with Gasteiger partial charge in [0.25, 0.3) is 0 Å². The van der Waals surface area contributed by atoms with Gasteiger partial charge in [-0.15, -0.1) is 0 Å². The zero-order chi connectivity index (χ0) is 13.1. The normalized spacial score (nSPS) is 11.2. The van der Waals surface area contributed by atoms with E-state index in [-0.39, 0.29) is 13.0 Å². The molecular formula is C12H17NO4. The van der Waals surface area contributed by atoms with Crippen molar-refractivity contribution in [1.82, 2.24) is 4.57 Å². The number of aliphatic carboxylic acids is 1. The molecule has 0 bridgehead atoms. The Balaban J connectivity index is 2.74. The van der Waals surface area contributed by atoms with Gasteiger partial charge in [-0.3, -0.25) is 4.79 Å². The molecule has 1 aromatic heterocycles. The van der Waals surface area contributed by atoms with E-state index < -0.39 is 17.5 Å². The summed E-state index contributed by atoms with van der Waals surface area (Å²) < 4.78 is 6.81. The zero-order valence-corrected chi connectivity index (χ0v) is 10.3. The third-order valence-corrected chi connectivity index (χ3v) is 2.00. The van der Waals surface area contributed by atoms with E-state index in [2.05, 4.69) is 0 Å². The number of ether oxygens (including phenoxy) is 1. The van der Waals surface area contributed by atoms with Gasteiger partial charge < -0.3 is 14.4 Å². The summed E-state index contributed by atoms with van der Waals surface area (Å²) >= 11 is 0. The van der Waals surface area contributed by atoms with Crippen molar-refractivity contribution in [3.05, 3.63) is 24.0 Å². The molecule has 0 saturated carbocycles. The third kappa shape index (κ3) is 4.30. The number of hydrogen-bond donors (Lipinski definition) is 1. The molecule has 1 rings (SSSR count). The lowest BCUT2D eigenvalue weighted by Gasteiger charge is -2.20. The predicted octanol–water partition coefficient (Wildman–Crippen LogP) is 1.92. The van der Waals surface area contributed by atoms with Gasteiger partial charge in [0.1, 0.15) is 11.3 Å². The van der Waals surface area contributed by atoms with Crippen LogP contribution in [0.3, 0.4) is 0 Å². The van der Waals surface area contributed by atoms with E-state index in [1.54, 1.807) is 43.7 Å². The smallest absolute Gasteiger partial charge is 0.355 e. The number of hydrogen-bond acceptors (Lipinski definition) is 3. The molecule has 0 saturated heterocycles. The second-order valence-electron chi connectivity index (χ2n) is 4.73. The van der Waals surface area contributed by atoms with Crippen molar-refractivity contribution in [3.8, 4) is 0 Å². The van der Waals surface area contributed by atoms with Crippen molar-refractivity contribution < 1.29 is 19.4 Å². The summed E-state index contributed by atoms with van der Waals surface area (Å²) in [7, 11) is 0. The fourth-order valence-electron chi connectivity index (χ4n) is 1.34. The molecule has 0 aliphatic rings. The molecule has 5 heteroatoms. The van der Waals surface area contributed by atoms with E-state index in [4.69, 9.17) is 9.84 Å². The standard InChI is InChI=1S/C12H17NO4/c1-12(2,3)17-11(16)9-5-4-7-13(9)8-6-10(14)15/h4-5,7H,6,8H2,1-3H3,(H,14,15). The topological polar surface area (TPSA) is 68.5 Å². The number of carbonyl (C=O) groups is 2. The Labute approximate surface area is 100 Å². The molecule has 17 heavy (non-hydrogen) atoms. The summed E-state index contributed by atoms with van der Waals surface area (Å²) in [4.78, 5) is 22.3. The van der Waals surface area contributed by atoms with Gasteiger partial charge in [0, 0.05) is 12.7 Å². The Hall–Kier alpha value is -1.78. The largest absolute Gasteiger partial charge is 0.481 e. The van der Waals surface area contributed by atoms with Gasteiger partial charge in [0.05, 0.1) is 6.42 Å². The molecule has 0 unspecified atom stereocenters. The molecule has 0 radical (unpaired) electrons. The molecule has 0 amide bonds. The lowest BCUT2D eigenvalue weighted by atomic mass is 10.2. The molecule has 0 aliphatic heterocycles. The van der Waals surface area contributed by atoms with E-state index in [0.29, 0.717) is 5.69 Å². The summed E-state index contributed by atoms with van der Waals surface area (Å²) in [5.41, 5.74) is -0.180. The van der Waals surface area contributed by atoms with E-state index >= 15 is 0 Å². The van der Waals surface area contributed by atoms with Crippen LogP contribution in [0.2, 0.25) is 0 Å². The first-order chi connectivity index (χ1) is 7.79. The van der Waals surface area contributed by atoms with Crippen molar-refractivity contribution in [1.29, 1.82) is 0 Å². The van der Waals surface area contributed by atoms with Crippen LogP contribution in [0.25, 0.3) is 0 Å². The highest BCUT2D eigenvalue weighted by atomic mass is 16.6. The van der Waals surface area contributed by atoms with Gasteiger partial charge in [-0.2, -0.15) is 0 Å². The van der Waals surface area contributed by atoms with Crippen molar-refractivity contribution in [2.24, 2.45) is 0 Å². The highest BCUT2D eigenvalue weighted by molar-refractivity contribution is 5.88. The fourth-order valence-corrected chi connectivity index (χ4v) is 1.34. The van der Waals surface area contributed by atoms with Gasteiger partial charge in [-0.25, -0.2) is 4.79 Å². The van der Waals surface area contributed by atoms with Gasteiger partial charge in [-0.1, -0.05) is 0 Å². The van der Waals surface area contributed by atoms with Gasteiger partial charge in [0.2, 0.25) is 0 Å². The van der Waals surface area contributed by atoms with E-state index in [9.17, 15) is 9.59 Å². The summed E-state index contributed by atoms with van der Waals surface area (Å²) in [5, 5.41) is 8.60. The minimum absolute atomic E-state index is 0.0233. The van der Waals surface area contributed by atoms with Crippen molar-refractivity contribution in [2.75, 3.05) is 0 Å². The molecule has 1 N–H and O–H groups in total. The first-order valence-electron chi connectivity index (χ1n) is 5.40. The Kier molecular flexibility index (Phi) is 3.93. The maximum absolute atomic E-state index is 11.8. The highest BCUT2D eigenvalue weighted by Gasteiger charge is 2.20. The minimum atomic E-state index is -0.895. The van der Waals surface area contributed by atoms with Crippen molar-refractivity contribution in [2.45, 2.75) is 39.3 Å². The second kappa shape index (κ2) is 5.03. The maximum Gasteiger partial charge on any atom is 0.355 e. The summed E-state index contributed by atoms with van der Waals surface area (Å²) in [6.07, 6.45) is 1.65. The third-order valence-electron chi connectivity index (χ3n) is 2.00. The quantitative estimate of drug-likeness (QED) is 0.815. The Morgan fingerprint density at radius 3 is 2.59 bits per heavy atom. The molecular weight excluding hydrogens is 222 g/mol. The number of aryl methyl sites for hydroxylation is 1. The number of esters is 1. The first kappa shape index (κ1) is 13.3. The maximum atomic E-state index is 11.8. The molecule has 94 valence electrons. The second-order valence-corrected chi connectivity index (χ2v) is 4.73. The van der Waals surface area contributed by atoms with Gasteiger partial charge >= 0.3 is 11.9 Å². The lowest BCUT2D eigenvalue weighted by Crippen LogP contribution is -2.25.